The van der Waals surface area contributed by atoms with Crippen LogP contribution in [0.3, 0.4) is 0 Å². The van der Waals surface area contributed by atoms with Crippen molar-refractivity contribution in [2.24, 2.45) is 5.92 Å². The molecule has 1 aliphatic rings. The highest BCUT2D eigenvalue weighted by molar-refractivity contribution is 7.90. The van der Waals surface area contributed by atoms with Gasteiger partial charge in [0.25, 0.3) is 5.91 Å². The molecule has 220 valence electrons. The Morgan fingerprint density at radius 1 is 1.07 bits per heavy atom. The van der Waals surface area contributed by atoms with Crippen molar-refractivity contribution in [3.05, 3.63) is 48.3 Å². The van der Waals surface area contributed by atoms with Crippen LogP contribution in [0.2, 0.25) is 18.1 Å². The molecular weight excluding hydrogens is 551 g/mol. The summed E-state index contributed by atoms with van der Waals surface area (Å²) in [6.45, 7) is 16.0. The van der Waals surface area contributed by atoms with Gasteiger partial charge >= 0.3 is 6.09 Å². The third-order valence-corrected chi connectivity index (χ3v) is 13.2. The number of sulfone groups is 1. The number of ether oxygens (including phenoxy) is 1. The standard InChI is InChI=1S/C29H41FN2O6SSi/c1-27(2,3)38-26(34)32-29(17-20(29)18-37-40(8,9)28(4,5)6)25(33)31-23-15-14-19(16-22(23)30)21-12-10-11-13-24(21)39(7,35)36/h10-16,20H,17-18H2,1-9H3,(H,31,33)(H,32,34)/t20-,29+/m1/s1. The van der Waals surface area contributed by atoms with E-state index in [1.807, 2.05) is 0 Å². The van der Waals surface area contributed by atoms with E-state index in [4.69, 9.17) is 9.16 Å². The van der Waals surface area contributed by atoms with E-state index in [1.165, 1.54) is 18.2 Å². The molecule has 0 heterocycles. The molecular formula is C29H41FN2O6SSi. The second kappa shape index (κ2) is 10.9. The van der Waals surface area contributed by atoms with Gasteiger partial charge in [-0.2, -0.15) is 0 Å². The Balaban J connectivity index is 1.85. The van der Waals surface area contributed by atoms with Crippen LogP contribution in [-0.4, -0.2) is 52.7 Å². The van der Waals surface area contributed by atoms with E-state index in [-0.39, 0.29) is 28.1 Å². The number of carbonyl (C=O) groups is 2. The minimum Gasteiger partial charge on any atom is -0.444 e. The summed E-state index contributed by atoms with van der Waals surface area (Å²) in [6, 6.07) is 10.4. The van der Waals surface area contributed by atoms with Gasteiger partial charge in [0.2, 0.25) is 0 Å². The zero-order valence-electron chi connectivity index (χ0n) is 24.8. The number of amides is 2. The summed E-state index contributed by atoms with van der Waals surface area (Å²) in [4.78, 5) is 26.3. The number of carbonyl (C=O) groups excluding carboxylic acids is 2. The minimum atomic E-state index is -3.54. The normalized spacial score (nSPS) is 19.6. The topological polar surface area (TPSA) is 111 Å². The average molecular weight is 593 g/mol. The van der Waals surface area contributed by atoms with Gasteiger partial charge in [0, 0.05) is 24.3 Å². The number of anilines is 1. The summed E-state index contributed by atoms with van der Waals surface area (Å²) in [5.74, 6) is -1.64. The highest BCUT2D eigenvalue weighted by atomic mass is 32.2. The smallest absolute Gasteiger partial charge is 0.408 e. The molecule has 0 radical (unpaired) electrons. The van der Waals surface area contributed by atoms with Gasteiger partial charge in [-0.15, -0.1) is 0 Å². The van der Waals surface area contributed by atoms with Crippen LogP contribution in [0, 0.1) is 11.7 Å². The van der Waals surface area contributed by atoms with Crippen LogP contribution in [0.1, 0.15) is 48.0 Å². The van der Waals surface area contributed by atoms with E-state index < -0.39 is 47.1 Å². The van der Waals surface area contributed by atoms with E-state index in [1.54, 1.807) is 45.0 Å². The summed E-state index contributed by atoms with van der Waals surface area (Å²) in [5.41, 5.74) is -1.47. The molecule has 0 spiro atoms. The summed E-state index contributed by atoms with van der Waals surface area (Å²) in [6.07, 6.45) is 0.661. The molecule has 0 aliphatic heterocycles. The molecule has 2 aromatic carbocycles. The van der Waals surface area contributed by atoms with Gasteiger partial charge in [0.15, 0.2) is 18.2 Å². The second-order valence-electron chi connectivity index (χ2n) is 13.0. The number of benzene rings is 2. The highest BCUT2D eigenvalue weighted by Gasteiger charge is 2.62. The fourth-order valence-corrected chi connectivity index (χ4v) is 6.04. The Morgan fingerprint density at radius 2 is 1.70 bits per heavy atom. The maximum Gasteiger partial charge on any atom is 0.408 e. The lowest BCUT2D eigenvalue weighted by molar-refractivity contribution is -0.119. The van der Waals surface area contributed by atoms with Gasteiger partial charge < -0.3 is 19.8 Å². The van der Waals surface area contributed by atoms with Crippen molar-refractivity contribution >= 4 is 35.8 Å². The predicted octanol–water partition coefficient (Wildman–Crippen LogP) is 6.14. The first kappa shape index (κ1) is 31.8. The van der Waals surface area contributed by atoms with Crippen LogP contribution in [0.5, 0.6) is 0 Å². The third-order valence-electron chi connectivity index (χ3n) is 7.50. The quantitative estimate of drug-likeness (QED) is 0.356. The van der Waals surface area contributed by atoms with E-state index in [0.29, 0.717) is 17.5 Å². The largest absolute Gasteiger partial charge is 0.444 e. The summed E-state index contributed by atoms with van der Waals surface area (Å²) >= 11 is 0. The van der Waals surface area contributed by atoms with Crippen molar-refractivity contribution in [3.8, 4) is 11.1 Å². The van der Waals surface area contributed by atoms with Gasteiger partial charge in [0.05, 0.1) is 10.6 Å². The van der Waals surface area contributed by atoms with Crippen LogP contribution in [0.4, 0.5) is 14.9 Å². The SMILES string of the molecule is CC(C)(C)OC(=O)N[C@@]1(C(=O)Nc2ccc(-c3ccccc3S(C)(=O)=O)cc2F)C[C@@H]1CO[Si](C)(C)C(C)(C)C. The van der Waals surface area contributed by atoms with Crippen molar-refractivity contribution in [2.75, 3.05) is 18.2 Å². The molecule has 1 saturated carbocycles. The molecule has 2 atom stereocenters. The van der Waals surface area contributed by atoms with Crippen molar-refractivity contribution in [1.82, 2.24) is 5.32 Å². The molecule has 40 heavy (non-hydrogen) atoms. The van der Waals surface area contributed by atoms with E-state index >= 15 is 4.39 Å². The van der Waals surface area contributed by atoms with E-state index in [9.17, 15) is 18.0 Å². The van der Waals surface area contributed by atoms with Crippen LogP contribution in [-0.2, 0) is 23.8 Å². The van der Waals surface area contributed by atoms with Crippen molar-refractivity contribution < 1.29 is 31.6 Å². The fourth-order valence-electron chi connectivity index (χ4n) is 4.08. The average Bonchev–Trinajstić information content (AvgIpc) is 3.50. The lowest BCUT2D eigenvalue weighted by Gasteiger charge is -2.36. The molecule has 2 amide bonds. The van der Waals surface area contributed by atoms with Crippen LogP contribution in [0.25, 0.3) is 11.1 Å². The number of hydrogen-bond donors (Lipinski definition) is 2. The lowest BCUT2D eigenvalue weighted by Crippen LogP contribution is -2.50. The van der Waals surface area contributed by atoms with Gasteiger partial charge in [-0.05, 0) is 69.1 Å². The Labute approximate surface area is 238 Å². The summed E-state index contributed by atoms with van der Waals surface area (Å²) in [5, 5.41) is 5.30. The Morgan fingerprint density at radius 3 is 2.25 bits per heavy atom. The van der Waals surface area contributed by atoms with E-state index in [2.05, 4.69) is 44.5 Å². The van der Waals surface area contributed by atoms with Gasteiger partial charge in [-0.3, -0.25) is 4.79 Å². The maximum absolute atomic E-state index is 15.3. The molecule has 11 heteroatoms. The minimum absolute atomic E-state index is 0.0357. The molecule has 1 fully saturated rings. The predicted molar refractivity (Wildman–Crippen MR) is 157 cm³/mol. The van der Waals surface area contributed by atoms with Crippen LogP contribution in [0.15, 0.2) is 47.4 Å². The number of rotatable bonds is 8. The summed E-state index contributed by atoms with van der Waals surface area (Å²) in [7, 11) is -5.67. The Bertz CT molecular complexity index is 1400. The molecule has 1 aliphatic carbocycles. The number of alkyl carbamates (subject to hydrolysis) is 1. The second-order valence-corrected chi connectivity index (χ2v) is 19.8. The zero-order valence-corrected chi connectivity index (χ0v) is 26.6. The van der Waals surface area contributed by atoms with Gasteiger partial charge in [-0.1, -0.05) is 45.0 Å². The number of hydrogen-bond acceptors (Lipinski definition) is 6. The fraction of sp³-hybridized carbons (Fsp3) is 0.517. The van der Waals surface area contributed by atoms with E-state index in [0.717, 1.165) is 6.26 Å². The first-order valence-electron chi connectivity index (χ1n) is 13.2. The lowest BCUT2D eigenvalue weighted by atomic mass is 10.0. The Hall–Kier alpha value is -2.76. The first-order chi connectivity index (χ1) is 18.2. The molecule has 0 bridgehead atoms. The number of nitrogens with one attached hydrogen (secondary N) is 2. The summed E-state index contributed by atoms with van der Waals surface area (Å²) < 4.78 is 51.4. The highest BCUT2D eigenvalue weighted by Crippen LogP contribution is 2.47. The van der Waals surface area contributed by atoms with Crippen LogP contribution >= 0.6 is 0 Å². The Kier molecular flexibility index (Phi) is 8.66. The first-order valence-corrected chi connectivity index (χ1v) is 18.0. The molecule has 2 aromatic rings. The molecule has 0 saturated heterocycles. The van der Waals surface area contributed by atoms with Crippen molar-refractivity contribution in [3.63, 3.8) is 0 Å². The molecule has 8 nitrogen and oxygen atoms in total. The van der Waals surface area contributed by atoms with Gasteiger partial charge in [0.1, 0.15) is 17.0 Å². The van der Waals surface area contributed by atoms with Crippen molar-refractivity contribution in [2.45, 2.75) is 82.1 Å². The number of halogens is 1. The molecule has 2 N–H and O–H groups in total. The van der Waals surface area contributed by atoms with Gasteiger partial charge in [-0.25, -0.2) is 17.6 Å². The zero-order chi connectivity index (χ0) is 30.3. The molecule has 3 rings (SSSR count). The maximum atomic E-state index is 15.3. The van der Waals surface area contributed by atoms with Crippen molar-refractivity contribution in [1.29, 1.82) is 0 Å². The monoisotopic (exact) mass is 592 g/mol. The molecule has 0 aromatic heterocycles. The third kappa shape index (κ3) is 7.30. The molecule has 0 unspecified atom stereocenters. The van der Waals surface area contributed by atoms with Crippen LogP contribution < -0.4 is 10.6 Å².